The van der Waals surface area contributed by atoms with Crippen LogP contribution in [0.5, 0.6) is 0 Å². The van der Waals surface area contributed by atoms with Gasteiger partial charge in [-0.15, -0.1) is 0 Å². The first-order chi connectivity index (χ1) is 4.97. The summed E-state index contributed by atoms with van der Waals surface area (Å²) in [5.41, 5.74) is 1.13. The van der Waals surface area contributed by atoms with Crippen LogP contribution in [0.3, 0.4) is 0 Å². The van der Waals surface area contributed by atoms with Crippen molar-refractivity contribution < 1.29 is 0 Å². The minimum atomic E-state index is 0.162. The molecule has 0 radical (unpaired) electrons. The first-order valence-electron chi connectivity index (χ1n) is 3.39. The lowest BCUT2D eigenvalue weighted by atomic mass is 10.4. The number of hydrogen-bond acceptors (Lipinski definition) is 4. The van der Waals surface area contributed by atoms with Crippen molar-refractivity contribution in [1.29, 1.82) is 0 Å². The van der Waals surface area contributed by atoms with Gasteiger partial charge in [-0.2, -0.15) is 0 Å². The predicted octanol–water partition coefficient (Wildman–Crippen LogP) is -1.02. The summed E-state index contributed by atoms with van der Waals surface area (Å²) < 4.78 is 0. The van der Waals surface area contributed by atoms with Crippen molar-refractivity contribution in [3.8, 4) is 0 Å². The summed E-state index contributed by atoms with van der Waals surface area (Å²) in [6.45, 7) is 1.70. The predicted molar refractivity (Wildman–Crippen MR) is 39.5 cm³/mol. The van der Waals surface area contributed by atoms with Crippen LogP contribution < -0.4 is 16.0 Å². The highest BCUT2D eigenvalue weighted by Crippen LogP contribution is 2.03. The highest BCUT2D eigenvalue weighted by atomic mass is 15.2. The second kappa shape index (κ2) is 2.30. The van der Waals surface area contributed by atoms with Crippen molar-refractivity contribution in [3.05, 3.63) is 11.9 Å². The van der Waals surface area contributed by atoms with Crippen LogP contribution in [0.15, 0.2) is 16.9 Å². The molecule has 2 rings (SSSR count). The molecule has 0 aromatic rings. The Bertz CT molecular complexity index is 184. The van der Waals surface area contributed by atoms with Crippen molar-refractivity contribution in [2.24, 2.45) is 4.99 Å². The maximum absolute atomic E-state index is 4.21. The van der Waals surface area contributed by atoms with Gasteiger partial charge in [0.1, 0.15) is 6.17 Å². The van der Waals surface area contributed by atoms with Crippen molar-refractivity contribution in [1.82, 2.24) is 16.0 Å². The fraction of sp³-hybridized carbons (Fsp3) is 0.500. The van der Waals surface area contributed by atoms with E-state index in [2.05, 4.69) is 20.9 Å². The number of nitrogens with zero attached hydrogens (tertiary/aromatic N) is 1. The molecule has 0 aliphatic carbocycles. The Morgan fingerprint density at radius 1 is 1.60 bits per heavy atom. The van der Waals surface area contributed by atoms with Gasteiger partial charge in [-0.25, -0.2) is 0 Å². The van der Waals surface area contributed by atoms with Crippen LogP contribution in [0.2, 0.25) is 0 Å². The van der Waals surface area contributed by atoms with Crippen LogP contribution in [0, 0.1) is 0 Å². The third-order valence-corrected chi connectivity index (χ3v) is 1.60. The lowest BCUT2D eigenvalue weighted by molar-refractivity contribution is 0.638. The molecule has 0 fully saturated rings. The van der Waals surface area contributed by atoms with Crippen LogP contribution in [-0.2, 0) is 0 Å². The topological polar surface area (TPSA) is 48.5 Å². The van der Waals surface area contributed by atoms with Gasteiger partial charge in [-0.1, -0.05) is 0 Å². The van der Waals surface area contributed by atoms with Crippen LogP contribution in [0.4, 0.5) is 0 Å². The monoisotopic (exact) mass is 138 g/mol. The SMILES string of the molecule is C1=NC(C2=CNCN2)NC1. The number of rotatable bonds is 1. The Hall–Kier alpha value is -1.03. The lowest BCUT2D eigenvalue weighted by Crippen LogP contribution is -2.30. The van der Waals surface area contributed by atoms with E-state index >= 15 is 0 Å². The summed E-state index contributed by atoms with van der Waals surface area (Å²) in [5, 5.41) is 9.44. The molecular formula is C6H10N4. The molecule has 2 aliphatic heterocycles. The van der Waals surface area contributed by atoms with Crippen LogP contribution in [0.25, 0.3) is 0 Å². The molecule has 2 aliphatic rings. The molecular weight excluding hydrogens is 128 g/mol. The summed E-state index contributed by atoms with van der Waals surface area (Å²) in [6.07, 6.45) is 4.02. The minimum absolute atomic E-state index is 0.162. The van der Waals surface area contributed by atoms with Crippen LogP contribution >= 0.6 is 0 Å². The molecule has 0 spiro atoms. The highest BCUT2D eigenvalue weighted by Gasteiger charge is 2.16. The Labute approximate surface area is 59.4 Å². The van der Waals surface area contributed by atoms with E-state index in [1.54, 1.807) is 0 Å². The van der Waals surface area contributed by atoms with Crippen molar-refractivity contribution >= 4 is 6.21 Å². The molecule has 54 valence electrons. The van der Waals surface area contributed by atoms with Crippen molar-refractivity contribution in [2.75, 3.05) is 13.2 Å². The van der Waals surface area contributed by atoms with Gasteiger partial charge in [0, 0.05) is 19.0 Å². The van der Waals surface area contributed by atoms with Crippen molar-refractivity contribution in [2.45, 2.75) is 6.17 Å². The second-order valence-electron chi connectivity index (χ2n) is 2.30. The Kier molecular flexibility index (Phi) is 1.32. The molecule has 0 aromatic carbocycles. The zero-order valence-corrected chi connectivity index (χ0v) is 5.59. The zero-order valence-electron chi connectivity index (χ0n) is 5.59. The first kappa shape index (κ1) is 5.73. The largest absolute Gasteiger partial charge is 0.372 e. The fourth-order valence-corrected chi connectivity index (χ4v) is 1.11. The number of hydrogen-bond donors (Lipinski definition) is 3. The third kappa shape index (κ3) is 0.863. The number of nitrogens with one attached hydrogen (secondary N) is 3. The average molecular weight is 138 g/mol. The summed E-state index contributed by atoms with van der Waals surface area (Å²) in [4.78, 5) is 4.21. The molecule has 0 bridgehead atoms. The normalized spacial score (nSPS) is 29.6. The summed E-state index contributed by atoms with van der Waals surface area (Å²) in [5.74, 6) is 0. The lowest BCUT2D eigenvalue weighted by Gasteiger charge is -2.08. The smallest absolute Gasteiger partial charge is 0.141 e. The van der Waals surface area contributed by atoms with Crippen molar-refractivity contribution in [3.63, 3.8) is 0 Å². The maximum atomic E-state index is 4.21. The quantitative estimate of drug-likeness (QED) is 0.434. The fourth-order valence-electron chi connectivity index (χ4n) is 1.11. The summed E-state index contributed by atoms with van der Waals surface area (Å²) in [6, 6.07) is 0. The molecule has 0 amide bonds. The van der Waals surface area contributed by atoms with E-state index in [0.717, 1.165) is 18.9 Å². The van der Waals surface area contributed by atoms with Gasteiger partial charge in [-0.05, 0) is 0 Å². The molecule has 3 N–H and O–H groups in total. The zero-order chi connectivity index (χ0) is 6.81. The van der Waals surface area contributed by atoms with E-state index in [-0.39, 0.29) is 6.17 Å². The van der Waals surface area contributed by atoms with E-state index in [9.17, 15) is 0 Å². The molecule has 2 heterocycles. The van der Waals surface area contributed by atoms with E-state index < -0.39 is 0 Å². The van der Waals surface area contributed by atoms with Gasteiger partial charge in [0.15, 0.2) is 0 Å². The molecule has 1 atom stereocenters. The highest BCUT2D eigenvalue weighted by molar-refractivity contribution is 5.62. The Balaban J connectivity index is 2.04. The molecule has 10 heavy (non-hydrogen) atoms. The Morgan fingerprint density at radius 2 is 2.60 bits per heavy atom. The second-order valence-corrected chi connectivity index (χ2v) is 2.30. The van der Waals surface area contributed by atoms with Gasteiger partial charge in [0.25, 0.3) is 0 Å². The van der Waals surface area contributed by atoms with Gasteiger partial charge < -0.3 is 10.6 Å². The van der Waals surface area contributed by atoms with Crippen LogP contribution in [0.1, 0.15) is 0 Å². The third-order valence-electron chi connectivity index (χ3n) is 1.60. The summed E-state index contributed by atoms with van der Waals surface area (Å²) in [7, 11) is 0. The molecule has 0 saturated heterocycles. The molecule has 0 saturated carbocycles. The van der Waals surface area contributed by atoms with Gasteiger partial charge >= 0.3 is 0 Å². The van der Waals surface area contributed by atoms with E-state index in [0.29, 0.717) is 0 Å². The molecule has 4 heteroatoms. The molecule has 4 nitrogen and oxygen atoms in total. The van der Waals surface area contributed by atoms with Gasteiger partial charge in [-0.3, -0.25) is 10.3 Å². The van der Waals surface area contributed by atoms with E-state index in [4.69, 9.17) is 0 Å². The van der Waals surface area contributed by atoms with Crippen LogP contribution in [-0.4, -0.2) is 25.6 Å². The standard InChI is InChI=1S/C6H10N4/c1-2-9-6(8-1)5-3-7-4-10-5/h1,3,6-7,9-10H,2,4H2. The number of aliphatic imine (C=N–C) groups is 1. The van der Waals surface area contributed by atoms with Gasteiger partial charge in [0.2, 0.25) is 0 Å². The molecule has 0 aromatic heterocycles. The Morgan fingerprint density at radius 3 is 3.20 bits per heavy atom. The first-order valence-corrected chi connectivity index (χ1v) is 3.39. The van der Waals surface area contributed by atoms with E-state index in [1.807, 2.05) is 12.4 Å². The van der Waals surface area contributed by atoms with E-state index in [1.165, 1.54) is 0 Å². The summed E-state index contributed by atoms with van der Waals surface area (Å²) >= 11 is 0. The van der Waals surface area contributed by atoms with Gasteiger partial charge in [0.05, 0.1) is 12.4 Å². The molecule has 1 unspecified atom stereocenters. The minimum Gasteiger partial charge on any atom is -0.372 e. The average Bonchev–Trinajstić information content (AvgIpc) is 2.59. The maximum Gasteiger partial charge on any atom is 0.141 e.